The van der Waals surface area contributed by atoms with Gasteiger partial charge in [0.25, 0.3) is 0 Å². The average Bonchev–Trinajstić information content (AvgIpc) is 2.81. The molecule has 0 N–H and O–H groups in total. The summed E-state index contributed by atoms with van der Waals surface area (Å²) in [6.45, 7) is 5.21. The Bertz CT molecular complexity index is 733. The van der Waals surface area contributed by atoms with E-state index < -0.39 is 0 Å². The Morgan fingerprint density at radius 1 is 0.719 bits per heavy atom. The molecule has 0 aliphatic heterocycles. The molecule has 3 nitrogen and oxygen atoms in total. The van der Waals surface area contributed by atoms with Crippen LogP contribution in [0.5, 0.6) is 5.75 Å². The largest absolute Gasteiger partial charge is 0.494 e. The van der Waals surface area contributed by atoms with Crippen LogP contribution in [0, 0.1) is 5.95 Å². The Balaban J connectivity index is 1.70. The van der Waals surface area contributed by atoms with E-state index in [1.807, 2.05) is 24.3 Å². The SMILES string of the molecule is CCCCCCCCCCc1cnc(-c2ccc(OCCCCCCCC)cc2)nc1F. The molecule has 4 heteroatoms. The third-order valence-electron chi connectivity index (χ3n) is 5.99. The van der Waals surface area contributed by atoms with Crippen molar-refractivity contribution < 1.29 is 9.13 Å². The Hall–Kier alpha value is -1.97. The summed E-state index contributed by atoms with van der Waals surface area (Å²) in [5, 5.41) is 0. The molecule has 1 aromatic carbocycles. The second kappa shape index (κ2) is 16.6. The first-order chi connectivity index (χ1) is 15.7. The fraction of sp³-hybridized carbons (Fsp3) is 0.643. The van der Waals surface area contributed by atoms with Crippen LogP contribution in [0.1, 0.15) is 109 Å². The molecule has 2 aromatic rings. The standard InChI is InChI=1S/C28H43FN2O/c1-3-5-7-9-11-12-13-15-17-25-23-30-28(31-27(25)29)24-18-20-26(21-19-24)32-22-16-14-10-8-6-4-2/h18-21,23H,3-17,22H2,1-2H3. The molecule has 178 valence electrons. The molecule has 0 saturated heterocycles. The third-order valence-corrected chi connectivity index (χ3v) is 5.99. The van der Waals surface area contributed by atoms with Gasteiger partial charge in [-0.15, -0.1) is 0 Å². The molecule has 0 unspecified atom stereocenters. The fourth-order valence-corrected chi connectivity index (χ4v) is 3.91. The Morgan fingerprint density at radius 3 is 1.88 bits per heavy atom. The van der Waals surface area contributed by atoms with Crippen LogP contribution in [0.2, 0.25) is 0 Å². The summed E-state index contributed by atoms with van der Waals surface area (Å²) in [7, 11) is 0. The number of halogens is 1. The molecule has 0 aliphatic carbocycles. The lowest BCUT2D eigenvalue weighted by Crippen LogP contribution is -2.00. The number of nitrogens with zero attached hydrogens (tertiary/aromatic N) is 2. The van der Waals surface area contributed by atoms with Gasteiger partial charge in [0.15, 0.2) is 5.82 Å². The summed E-state index contributed by atoms with van der Waals surface area (Å²) in [6, 6.07) is 7.65. The van der Waals surface area contributed by atoms with E-state index in [9.17, 15) is 4.39 Å². The van der Waals surface area contributed by atoms with Crippen LogP contribution in [0.25, 0.3) is 11.4 Å². The van der Waals surface area contributed by atoms with Gasteiger partial charge in [-0.2, -0.15) is 9.37 Å². The number of unbranched alkanes of at least 4 members (excludes halogenated alkanes) is 12. The fourth-order valence-electron chi connectivity index (χ4n) is 3.91. The molecule has 0 aliphatic rings. The molecule has 1 aromatic heterocycles. The first kappa shape index (κ1) is 26.3. The zero-order valence-corrected chi connectivity index (χ0v) is 20.4. The van der Waals surface area contributed by atoms with Gasteiger partial charge in [0.1, 0.15) is 5.75 Å². The van der Waals surface area contributed by atoms with Crippen molar-refractivity contribution >= 4 is 0 Å². The molecule has 1 heterocycles. The predicted octanol–water partition coefficient (Wildman–Crippen LogP) is 8.71. The van der Waals surface area contributed by atoms with Crippen molar-refractivity contribution in [3.05, 3.63) is 42.0 Å². The number of benzene rings is 1. The van der Waals surface area contributed by atoms with Crippen LogP contribution in [0.15, 0.2) is 30.5 Å². The van der Waals surface area contributed by atoms with Crippen LogP contribution in [0.4, 0.5) is 4.39 Å². The molecule has 0 amide bonds. The van der Waals surface area contributed by atoms with Gasteiger partial charge in [0.2, 0.25) is 5.95 Å². The van der Waals surface area contributed by atoms with E-state index in [0.717, 1.165) is 37.2 Å². The third kappa shape index (κ3) is 10.6. The van der Waals surface area contributed by atoms with E-state index in [-0.39, 0.29) is 5.95 Å². The molecule has 0 saturated carbocycles. The van der Waals surface area contributed by atoms with Crippen molar-refractivity contribution in [2.45, 2.75) is 110 Å². The smallest absolute Gasteiger partial charge is 0.219 e. The lowest BCUT2D eigenvalue weighted by molar-refractivity contribution is 0.304. The highest BCUT2D eigenvalue weighted by atomic mass is 19.1. The highest BCUT2D eigenvalue weighted by Crippen LogP contribution is 2.21. The molecule has 0 atom stereocenters. The molecule has 0 spiro atoms. The lowest BCUT2D eigenvalue weighted by atomic mass is 10.1. The summed E-state index contributed by atoms with van der Waals surface area (Å²) in [5.74, 6) is 0.889. The topological polar surface area (TPSA) is 35.0 Å². The maximum absolute atomic E-state index is 14.5. The molecular weight excluding hydrogens is 399 g/mol. The van der Waals surface area contributed by atoms with Crippen molar-refractivity contribution in [1.82, 2.24) is 9.97 Å². The molecule has 0 radical (unpaired) electrons. The summed E-state index contributed by atoms with van der Waals surface area (Å²) >= 11 is 0. The number of ether oxygens (including phenoxy) is 1. The highest BCUT2D eigenvalue weighted by Gasteiger charge is 2.09. The molecular formula is C28H43FN2O. The van der Waals surface area contributed by atoms with Gasteiger partial charge in [-0.25, -0.2) is 4.98 Å². The Labute approximate surface area is 195 Å². The van der Waals surface area contributed by atoms with Crippen molar-refractivity contribution in [2.75, 3.05) is 6.61 Å². The monoisotopic (exact) mass is 442 g/mol. The first-order valence-corrected chi connectivity index (χ1v) is 13.0. The van der Waals surface area contributed by atoms with Crippen molar-refractivity contribution in [3.8, 4) is 17.1 Å². The zero-order valence-electron chi connectivity index (χ0n) is 20.4. The van der Waals surface area contributed by atoms with E-state index in [0.29, 0.717) is 17.8 Å². The number of hydrogen-bond acceptors (Lipinski definition) is 3. The van der Waals surface area contributed by atoms with E-state index in [4.69, 9.17) is 4.74 Å². The summed E-state index contributed by atoms with van der Waals surface area (Å²) in [5.41, 5.74) is 1.44. The van der Waals surface area contributed by atoms with Crippen LogP contribution >= 0.6 is 0 Å². The van der Waals surface area contributed by atoms with Crippen LogP contribution in [0.3, 0.4) is 0 Å². The van der Waals surface area contributed by atoms with Gasteiger partial charge in [0, 0.05) is 17.3 Å². The quantitative estimate of drug-likeness (QED) is 0.171. The minimum Gasteiger partial charge on any atom is -0.494 e. The zero-order chi connectivity index (χ0) is 22.9. The second-order valence-corrected chi connectivity index (χ2v) is 8.88. The summed E-state index contributed by atoms with van der Waals surface area (Å²) < 4.78 is 20.3. The average molecular weight is 443 g/mol. The number of aromatic nitrogens is 2. The maximum atomic E-state index is 14.5. The van der Waals surface area contributed by atoms with Crippen LogP contribution in [-0.4, -0.2) is 16.6 Å². The van der Waals surface area contributed by atoms with E-state index in [1.54, 1.807) is 6.20 Å². The number of rotatable bonds is 18. The molecule has 32 heavy (non-hydrogen) atoms. The summed E-state index contributed by atoms with van der Waals surface area (Å²) in [6.07, 6.45) is 19.8. The van der Waals surface area contributed by atoms with Crippen LogP contribution < -0.4 is 4.74 Å². The van der Waals surface area contributed by atoms with Crippen molar-refractivity contribution in [3.63, 3.8) is 0 Å². The van der Waals surface area contributed by atoms with Gasteiger partial charge in [-0.1, -0.05) is 90.9 Å². The number of hydrogen-bond donors (Lipinski definition) is 0. The highest BCUT2D eigenvalue weighted by molar-refractivity contribution is 5.56. The van der Waals surface area contributed by atoms with Gasteiger partial charge in [-0.3, -0.25) is 0 Å². The maximum Gasteiger partial charge on any atom is 0.219 e. The Morgan fingerprint density at radius 2 is 1.28 bits per heavy atom. The molecule has 0 fully saturated rings. The van der Waals surface area contributed by atoms with Gasteiger partial charge in [0.05, 0.1) is 6.61 Å². The Kier molecular flexibility index (Phi) is 13.7. The van der Waals surface area contributed by atoms with E-state index >= 15 is 0 Å². The minimum absolute atomic E-state index is 0.388. The number of aryl methyl sites for hydroxylation is 1. The predicted molar refractivity (Wildman–Crippen MR) is 133 cm³/mol. The minimum atomic E-state index is -0.388. The normalized spacial score (nSPS) is 11.1. The van der Waals surface area contributed by atoms with Gasteiger partial charge >= 0.3 is 0 Å². The molecule has 0 bridgehead atoms. The lowest BCUT2D eigenvalue weighted by Gasteiger charge is -2.08. The second-order valence-electron chi connectivity index (χ2n) is 8.88. The van der Waals surface area contributed by atoms with Crippen LogP contribution in [-0.2, 0) is 6.42 Å². The van der Waals surface area contributed by atoms with Gasteiger partial charge < -0.3 is 4.74 Å². The van der Waals surface area contributed by atoms with E-state index in [2.05, 4.69) is 23.8 Å². The van der Waals surface area contributed by atoms with Crippen molar-refractivity contribution in [1.29, 1.82) is 0 Å². The summed E-state index contributed by atoms with van der Waals surface area (Å²) in [4.78, 5) is 8.52. The van der Waals surface area contributed by atoms with E-state index in [1.165, 1.54) is 70.6 Å². The first-order valence-electron chi connectivity index (χ1n) is 13.0. The van der Waals surface area contributed by atoms with Gasteiger partial charge in [-0.05, 0) is 43.5 Å². The molecule has 2 rings (SSSR count). The van der Waals surface area contributed by atoms with Crippen molar-refractivity contribution in [2.24, 2.45) is 0 Å².